The number of rotatable bonds is 2. The summed E-state index contributed by atoms with van der Waals surface area (Å²) >= 11 is 0. The maximum atomic E-state index is 13.0. The fourth-order valence-electron chi connectivity index (χ4n) is 3.29. The summed E-state index contributed by atoms with van der Waals surface area (Å²) in [6.07, 6.45) is 4.71. The van der Waals surface area contributed by atoms with Gasteiger partial charge in [-0.3, -0.25) is 9.59 Å². The van der Waals surface area contributed by atoms with Gasteiger partial charge in [-0.05, 0) is 37.1 Å². The third-order valence-electron chi connectivity index (χ3n) is 4.53. The van der Waals surface area contributed by atoms with E-state index in [2.05, 4.69) is 0 Å². The molecule has 3 rings (SSSR count). The van der Waals surface area contributed by atoms with Crippen LogP contribution in [0.2, 0.25) is 0 Å². The molecule has 0 N–H and O–H groups in total. The summed E-state index contributed by atoms with van der Waals surface area (Å²) in [7, 11) is 0. The SMILES string of the molecule is O=C([C@H]1CC(=O)N(c2ccc(F)cc2)C1)N1CCCCCC1. The van der Waals surface area contributed by atoms with Crippen LogP contribution >= 0.6 is 0 Å². The molecule has 2 fully saturated rings. The molecule has 0 unspecified atom stereocenters. The molecule has 1 aromatic rings. The molecule has 0 bridgehead atoms. The van der Waals surface area contributed by atoms with E-state index in [1.807, 2.05) is 4.90 Å². The Hall–Kier alpha value is -1.91. The highest BCUT2D eigenvalue weighted by atomic mass is 19.1. The first-order valence-corrected chi connectivity index (χ1v) is 8.00. The molecule has 5 heteroatoms. The van der Waals surface area contributed by atoms with Crippen molar-refractivity contribution in [3.05, 3.63) is 30.1 Å². The van der Waals surface area contributed by atoms with Crippen molar-refractivity contribution in [2.75, 3.05) is 24.5 Å². The lowest BCUT2D eigenvalue weighted by molar-refractivity contribution is -0.135. The van der Waals surface area contributed by atoms with E-state index in [0.29, 0.717) is 12.2 Å². The molecule has 0 radical (unpaired) electrons. The molecule has 2 aliphatic heterocycles. The first kappa shape index (κ1) is 15.0. The first-order chi connectivity index (χ1) is 10.6. The van der Waals surface area contributed by atoms with Crippen LogP contribution in [0.3, 0.4) is 0 Å². The fraction of sp³-hybridized carbons (Fsp3) is 0.529. The van der Waals surface area contributed by atoms with Gasteiger partial charge in [0.1, 0.15) is 5.82 Å². The number of hydrogen-bond acceptors (Lipinski definition) is 2. The first-order valence-electron chi connectivity index (χ1n) is 8.00. The molecule has 0 aliphatic carbocycles. The van der Waals surface area contributed by atoms with Crippen LogP contribution in [0.15, 0.2) is 24.3 Å². The van der Waals surface area contributed by atoms with Crippen molar-refractivity contribution in [3.8, 4) is 0 Å². The zero-order chi connectivity index (χ0) is 15.5. The molecule has 118 valence electrons. The largest absolute Gasteiger partial charge is 0.342 e. The molecule has 1 aromatic carbocycles. The second-order valence-electron chi connectivity index (χ2n) is 6.12. The van der Waals surface area contributed by atoms with Gasteiger partial charge in [-0.25, -0.2) is 4.39 Å². The highest BCUT2D eigenvalue weighted by Crippen LogP contribution is 2.27. The molecule has 2 amide bonds. The van der Waals surface area contributed by atoms with Crippen molar-refractivity contribution in [1.29, 1.82) is 0 Å². The molecule has 4 nitrogen and oxygen atoms in total. The number of carbonyl (C=O) groups excluding carboxylic acids is 2. The average molecular weight is 304 g/mol. The van der Waals surface area contributed by atoms with Crippen LogP contribution in [0, 0.1) is 11.7 Å². The third-order valence-corrected chi connectivity index (χ3v) is 4.53. The van der Waals surface area contributed by atoms with Gasteiger partial charge < -0.3 is 9.80 Å². The Morgan fingerprint density at radius 1 is 1.05 bits per heavy atom. The van der Waals surface area contributed by atoms with E-state index < -0.39 is 0 Å². The second kappa shape index (κ2) is 6.46. The van der Waals surface area contributed by atoms with Crippen LogP contribution in [0.25, 0.3) is 0 Å². The van der Waals surface area contributed by atoms with Crippen LogP contribution in [-0.4, -0.2) is 36.3 Å². The van der Waals surface area contributed by atoms with Crippen molar-refractivity contribution < 1.29 is 14.0 Å². The van der Waals surface area contributed by atoms with Crippen LogP contribution in [0.5, 0.6) is 0 Å². The van der Waals surface area contributed by atoms with Gasteiger partial charge in [0.2, 0.25) is 11.8 Å². The molecule has 22 heavy (non-hydrogen) atoms. The van der Waals surface area contributed by atoms with E-state index >= 15 is 0 Å². The van der Waals surface area contributed by atoms with Gasteiger partial charge in [0.25, 0.3) is 0 Å². The van der Waals surface area contributed by atoms with Crippen molar-refractivity contribution in [2.24, 2.45) is 5.92 Å². The highest BCUT2D eigenvalue weighted by Gasteiger charge is 2.37. The maximum Gasteiger partial charge on any atom is 0.228 e. The van der Waals surface area contributed by atoms with E-state index in [9.17, 15) is 14.0 Å². The topological polar surface area (TPSA) is 40.6 Å². The number of likely N-dealkylation sites (tertiary alicyclic amines) is 1. The lowest BCUT2D eigenvalue weighted by Crippen LogP contribution is -2.38. The van der Waals surface area contributed by atoms with E-state index in [4.69, 9.17) is 0 Å². The lowest BCUT2D eigenvalue weighted by Gasteiger charge is -2.24. The lowest BCUT2D eigenvalue weighted by atomic mass is 10.1. The Bertz CT molecular complexity index is 550. The van der Waals surface area contributed by atoms with Crippen LogP contribution in [0.1, 0.15) is 32.1 Å². The van der Waals surface area contributed by atoms with Crippen LogP contribution < -0.4 is 4.90 Å². The van der Waals surface area contributed by atoms with Crippen LogP contribution in [-0.2, 0) is 9.59 Å². The summed E-state index contributed by atoms with van der Waals surface area (Å²) in [5.74, 6) is -0.553. The van der Waals surface area contributed by atoms with Crippen molar-refractivity contribution in [1.82, 2.24) is 4.90 Å². The van der Waals surface area contributed by atoms with Crippen molar-refractivity contribution >= 4 is 17.5 Å². The van der Waals surface area contributed by atoms with Gasteiger partial charge in [-0.1, -0.05) is 12.8 Å². The number of anilines is 1. The zero-order valence-electron chi connectivity index (χ0n) is 12.6. The minimum Gasteiger partial charge on any atom is -0.342 e. The number of nitrogens with zero attached hydrogens (tertiary/aromatic N) is 2. The second-order valence-corrected chi connectivity index (χ2v) is 6.12. The smallest absolute Gasteiger partial charge is 0.228 e. The monoisotopic (exact) mass is 304 g/mol. The predicted octanol–water partition coefficient (Wildman–Crippen LogP) is 2.58. The van der Waals surface area contributed by atoms with Gasteiger partial charge in [0.05, 0.1) is 5.92 Å². The van der Waals surface area contributed by atoms with Gasteiger partial charge in [-0.15, -0.1) is 0 Å². The molecule has 2 aliphatic rings. The third kappa shape index (κ3) is 3.13. The summed E-state index contributed by atoms with van der Waals surface area (Å²) in [4.78, 5) is 28.3. The summed E-state index contributed by atoms with van der Waals surface area (Å²) in [6.45, 7) is 2.01. The number of amides is 2. The van der Waals surface area contributed by atoms with E-state index in [0.717, 1.165) is 25.9 Å². The van der Waals surface area contributed by atoms with E-state index in [1.54, 1.807) is 17.0 Å². The standard InChI is InChI=1S/C17H21FN2O2/c18-14-5-7-15(8-6-14)20-12-13(11-16(20)21)17(22)19-9-3-1-2-4-10-19/h5-8,13H,1-4,9-12H2/t13-/m0/s1. The normalized spacial score (nSPS) is 22.8. The van der Waals surface area contributed by atoms with Crippen LogP contribution in [0.4, 0.5) is 10.1 Å². The molecular weight excluding hydrogens is 283 g/mol. The van der Waals surface area contributed by atoms with Gasteiger partial charge in [-0.2, -0.15) is 0 Å². The van der Waals surface area contributed by atoms with Crippen molar-refractivity contribution in [2.45, 2.75) is 32.1 Å². The van der Waals surface area contributed by atoms with E-state index in [-0.39, 0.29) is 30.0 Å². The summed E-state index contributed by atoms with van der Waals surface area (Å²) in [5, 5.41) is 0. The zero-order valence-corrected chi connectivity index (χ0v) is 12.6. The van der Waals surface area contributed by atoms with Gasteiger partial charge >= 0.3 is 0 Å². The Labute approximate surface area is 129 Å². The number of carbonyl (C=O) groups is 2. The quantitative estimate of drug-likeness (QED) is 0.842. The Balaban J connectivity index is 1.68. The Morgan fingerprint density at radius 3 is 2.32 bits per heavy atom. The predicted molar refractivity (Wildman–Crippen MR) is 81.9 cm³/mol. The molecule has 2 saturated heterocycles. The maximum absolute atomic E-state index is 13.0. The minimum absolute atomic E-state index is 0.0558. The summed E-state index contributed by atoms with van der Waals surface area (Å²) in [6, 6.07) is 5.86. The molecule has 2 heterocycles. The summed E-state index contributed by atoms with van der Waals surface area (Å²) in [5.41, 5.74) is 0.664. The number of halogens is 1. The minimum atomic E-state index is -0.326. The number of benzene rings is 1. The molecule has 1 atom stereocenters. The Morgan fingerprint density at radius 2 is 1.68 bits per heavy atom. The van der Waals surface area contributed by atoms with Gasteiger partial charge in [0.15, 0.2) is 0 Å². The molecular formula is C17H21FN2O2. The number of hydrogen-bond donors (Lipinski definition) is 0. The highest BCUT2D eigenvalue weighted by molar-refractivity contribution is 6.00. The van der Waals surface area contributed by atoms with E-state index in [1.165, 1.54) is 25.0 Å². The average Bonchev–Trinajstić information content (AvgIpc) is 2.74. The van der Waals surface area contributed by atoms with Crippen molar-refractivity contribution in [3.63, 3.8) is 0 Å². The van der Waals surface area contributed by atoms with Gasteiger partial charge in [0, 0.05) is 31.7 Å². The summed E-state index contributed by atoms with van der Waals surface area (Å²) < 4.78 is 13.0. The Kier molecular flexibility index (Phi) is 4.41. The molecule has 0 spiro atoms. The fourth-order valence-corrected chi connectivity index (χ4v) is 3.29. The molecule has 0 aromatic heterocycles. The molecule has 0 saturated carbocycles.